The van der Waals surface area contributed by atoms with E-state index in [1.54, 1.807) is 0 Å². The van der Waals surface area contributed by atoms with Gasteiger partial charge in [0.25, 0.3) is 5.91 Å². The maximum Gasteiger partial charge on any atom is 0.286 e. The third kappa shape index (κ3) is 4.00. The molecule has 0 aliphatic rings. The van der Waals surface area contributed by atoms with Crippen LogP contribution < -0.4 is 10.6 Å². The zero-order valence-electron chi connectivity index (χ0n) is 10.3. The molecule has 0 fully saturated rings. The Hall–Kier alpha value is -1.47. The van der Waals surface area contributed by atoms with Crippen molar-refractivity contribution in [1.82, 2.24) is 10.2 Å². The van der Waals surface area contributed by atoms with Crippen LogP contribution in [0.3, 0.4) is 0 Å². The maximum atomic E-state index is 11.9. The largest absolute Gasteiger partial charge is 0.360 e. The molecule has 7 heteroatoms. The predicted molar refractivity (Wildman–Crippen MR) is 80.8 cm³/mol. The van der Waals surface area contributed by atoms with Gasteiger partial charge < -0.3 is 10.6 Å². The van der Waals surface area contributed by atoms with Gasteiger partial charge in [-0.1, -0.05) is 34.2 Å². The number of halogens is 1. The highest BCUT2D eigenvalue weighted by Gasteiger charge is 2.12. The summed E-state index contributed by atoms with van der Waals surface area (Å²) in [6, 6.07) is 7.37. The van der Waals surface area contributed by atoms with Crippen molar-refractivity contribution >= 4 is 44.0 Å². The Labute approximate surface area is 123 Å². The molecule has 0 saturated heterocycles. The van der Waals surface area contributed by atoms with Crippen LogP contribution in [0.5, 0.6) is 0 Å². The van der Waals surface area contributed by atoms with Crippen LogP contribution in [0.25, 0.3) is 0 Å². The van der Waals surface area contributed by atoms with E-state index in [-0.39, 0.29) is 5.91 Å². The Morgan fingerprint density at radius 1 is 1.32 bits per heavy atom. The summed E-state index contributed by atoms with van der Waals surface area (Å²) in [6.45, 7) is 2.89. The van der Waals surface area contributed by atoms with Gasteiger partial charge in [-0.05, 0) is 30.7 Å². The number of hydrogen-bond acceptors (Lipinski definition) is 5. The van der Waals surface area contributed by atoms with Gasteiger partial charge in [0.2, 0.25) is 10.1 Å². The first-order chi connectivity index (χ1) is 9.19. The van der Waals surface area contributed by atoms with Crippen LogP contribution in [-0.4, -0.2) is 22.6 Å². The molecule has 0 aliphatic heterocycles. The number of amides is 1. The van der Waals surface area contributed by atoms with Crippen molar-refractivity contribution in [2.75, 3.05) is 17.2 Å². The van der Waals surface area contributed by atoms with Crippen LogP contribution in [0.15, 0.2) is 28.7 Å². The molecule has 0 unspecified atom stereocenters. The fourth-order valence-electron chi connectivity index (χ4n) is 1.34. The van der Waals surface area contributed by atoms with Gasteiger partial charge in [-0.15, -0.1) is 10.2 Å². The van der Waals surface area contributed by atoms with Crippen LogP contribution in [0, 0.1) is 0 Å². The van der Waals surface area contributed by atoms with Crippen molar-refractivity contribution in [1.29, 1.82) is 0 Å². The van der Waals surface area contributed by atoms with Crippen LogP contribution in [0.4, 0.5) is 10.8 Å². The first kappa shape index (κ1) is 14.0. The highest BCUT2D eigenvalue weighted by atomic mass is 79.9. The lowest BCUT2D eigenvalue weighted by Crippen LogP contribution is -2.11. The number of carbonyl (C=O) groups excluding carboxylic acids is 1. The predicted octanol–water partition coefficient (Wildman–Crippen LogP) is 3.37. The van der Waals surface area contributed by atoms with Gasteiger partial charge in [0, 0.05) is 16.7 Å². The van der Waals surface area contributed by atoms with E-state index in [4.69, 9.17) is 0 Å². The molecule has 1 amide bonds. The minimum absolute atomic E-state index is 0.246. The van der Waals surface area contributed by atoms with Crippen molar-refractivity contribution in [3.63, 3.8) is 0 Å². The molecule has 1 aromatic heterocycles. The third-order valence-corrected chi connectivity index (χ3v) is 3.66. The Balaban J connectivity index is 1.99. The molecule has 0 spiro atoms. The van der Waals surface area contributed by atoms with Gasteiger partial charge in [-0.3, -0.25) is 4.79 Å². The van der Waals surface area contributed by atoms with Crippen molar-refractivity contribution < 1.29 is 4.79 Å². The van der Waals surface area contributed by atoms with Gasteiger partial charge in [-0.25, -0.2) is 0 Å². The van der Waals surface area contributed by atoms with Gasteiger partial charge in [0.15, 0.2) is 0 Å². The Kier molecular flexibility index (Phi) is 4.86. The summed E-state index contributed by atoms with van der Waals surface area (Å²) in [5.41, 5.74) is 0.728. The Morgan fingerprint density at radius 2 is 2.05 bits per heavy atom. The lowest BCUT2D eigenvalue weighted by atomic mass is 10.3. The molecule has 0 saturated carbocycles. The van der Waals surface area contributed by atoms with Crippen molar-refractivity contribution in [2.45, 2.75) is 13.3 Å². The molecule has 0 radical (unpaired) electrons. The molecule has 19 heavy (non-hydrogen) atoms. The Morgan fingerprint density at radius 3 is 2.74 bits per heavy atom. The number of nitrogens with one attached hydrogen (secondary N) is 2. The molecular formula is C12H13BrN4OS. The summed E-state index contributed by atoms with van der Waals surface area (Å²) in [5, 5.41) is 14.7. The molecule has 5 nitrogen and oxygen atoms in total. The lowest BCUT2D eigenvalue weighted by molar-refractivity contribution is 0.102. The number of carbonyl (C=O) groups is 1. The molecule has 0 atom stereocenters. The molecule has 100 valence electrons. The molecule has 2 N–H and O–H groups in total. The van der Waals surface area contributed by atoms with Crippen LogP contribution in [0.2, 0.25) is 0 Å². The molecule has 0 aliphatic carbocycles. The first-order valence-electron chi connectivity index (χ1n) is 5.83. The Bertz CT molecular complexity index is 555. The van der Waals surface area contributed by atoms with E-state index in [9.17, 15) is 4.79 Å². The van der Waals surface area contributed by atoms with E-state index in [2.05, 4.69) is 43.7 Å². The number of hydrogen-bond donors (Lipinski definition) is 2. The number of anilines is 2. The molecule has 1 aromatic carbocycles. The SMILES string of the molecule is CCCNc1nnc(C(=O)Nc2ccc(Br)cc2)s1. The smallest absolute Gasteiger partial charge is 0.286 e. The second-order valence-electron chi connectivity index (χ2n) is 3.80. The molecular weight excluding hydrogens is 328 g/mol. The van der Waals surface area contributed by atoms with E-state index in [1.165, 1.54) is 11.3 Å². The number of aromatic nitrogens is 2. The monoisotopic (exact) mass is 340 g/mol. The van der Waals surface area contributed by atoms with E-state index >= 15 is 0 Å². The number of benzene rings is 1. The third-order valence-electron chi connectivity index (χ3n) is 2.25. The van der Waals surface area contributed by atoms with E-state index in [1.807, 2.05) is 24.3 Å². The fourth-order valence-corrected chi connectivity index (χ4v) is 2.26. The second kappa shape index (κ2) is 6.63. The molecule has 1 heterocycles. The average Bonchev–Trinajstić information content (AvgIpc) is 2.88. The van der Waals surface area contributed by atoms with Gasteiger partial charge in [0.05, 0.1) is 0 Å². The van der Waals surface area contributed by atoms with Crippen LogP contribution in [0.1, 0.15) is 23.1 Å². The van der Waals surface area contributed by atoms with Crippen LogP contribution >= 0.6 is 27.3 Å². The average molecular weight is 341 g/mol. The zero-order chi connectivity index (χ0) is 13.7. The van der Waals surface area contributed by atoms with E-state index in [0.29, 0.717) is 10.1 Å². The molecule has 2 aromatic rings. The number of rotatable bonds is 5. The second-order valence-corrected chi connectivity index (χ2v) is 5.69. The van der Waals surface area contributed by atoms with Crippen molar-refractivity contribution in [3.05, 3.63) is 33.7 Å². The molecule has 2 rings (SSSR count). The highest BCUT2D eigenvalue weighted by Crippen LogP contribution is 2.18. The standard InChI is InChI=1S/C12H13BrN4OS/c1-2-7-14-12-17-16-11(19-12)10(18)15-9-5-3-8(13)4-6-9/h3-6H,2,7H2,1H3,(H,14,17)(H,15,18). The summed E-state index contributed by atoms with van der Waals surface area (Å²) in [4.78, 5) is 11.9. The minimum Gasteiger partial charge on any atom is -0.360 e. The molecule has 0 bridgehead atoms. The maximum absolute atomic E-state index is 11.9. The van der Waals surface area contributed by atoms with E-state index in [0.717, 1.165) is 23.1 Å². The summed E-state index contributed by atoms with van der Waals surface area (Å²) < 4.78 is 0.965. The topological polar surface area (TPSA) is 66.9 Å². The highest BCUT2D eigenvalue weighted by molar-refractivity contribution is 9.10. The fraction of sp³-hybridized carbons (Fsp3) is 0.250. The summed E-state index contributed by atoms with van der Waals surface area (Å²) in [7, 11) is 0. The van der Waals surface area contributed by atoms with Gasteiger partial charge >= 0.3 is 0 Å². The van der Waals surface area contributed by atoms with Gasteiger partial charge in [-0.2, -0.15) is 0 Å². The quantitative estimate of drug-likeness (QED) is 0.875. The lowest BCUT2D eigenvalue weighted by Gasteiger charge is -2.02. The van der Waals surface area contributed by atoms with Crippen LogP contribution in [-0.2, 0) is 0 Å². The van der Waals surface area contributed by atoms with Gasteiger partial charge in [0.1, 0.15) is 0 Å². The minimum atomic E-state index is -0.246. The summed E-state index contributed by atoms with van der Waals surface area (Å²) >= 11 is 4.59. The summed E-state index contributed by atoms with van der Waals surface area (Å²) in [5.74, 6) is -0.246. The van der Waals surface area contributed by atoms with Crippen molar-refractivity contribution in [3.8, 4) is 0 Å². The first-order valence-corrected chi connectivity index (χ1v) is 7.44. The summed E-state index contributed by atoms with van der Waals surface area (Å²) in [6.07, 6.45) is 1.00. The normalized spacial score (nSPS) is 10.2. The number of nitrogens with zero attached hydrogens (tertiary/aromatic N) is 2. The zero-order valence-corrected chi connectivity index (χ0v) is 12.7. The van der Waals surface area contributed by atoms with Crippen molar-refractivity contribution in [2.24, 2.45) is 0 Å². The van der Waals surface area contributed by atoms with E-state index < -0.39 is 0 Å².